The summed E-state index contributed by atoms with van der Waals surface area (Å²) < 4.78 is 5.13. The zero-order chi connectivity index (χ0) is 17.9. The van der Waals surface area contributed by atoms with Crippen LogP contribution in [0.1, 0.15) is 47.0 Å². The van der Waals surface area contributed by atoms with Gasteiger partial charge in [-0.3, -0.25) is 9.59 Å². The van der Waals surface area contributed by atoms with Crippen molar-refractivity contribution in [1.82, 2.24) is 16.0 Å². The van der Waals surface area contributed by atoms with Gasteiger partial charge in [0.2, 0.25) is 11.8 Å². The zero-order valence-electron chi connectivity index (χ0n) is 14.5. The molecule has 0 fully saturated rings. The molecule has 0 aromatic carbocycles. The maximum absolute atomic E-state index is 11.9. The Morgan fingerprint density at radius 1 is 1.13 bits per heavy atom. The lowest BCUT2D eigenvalue weighted by Crippen LogP contribution is -2.47. The fourth-order valence-electron chi connectivity index (χ4n) is 1.80. The molecule has 2 atom stereocenters. The number of likely N-dealkylation sites (N-methyl/N-ethyl adjacent to an activating group) is 1. The lowest BCUT2D eigenvalue weighted by atomic mass is 10.1. The molecule has 0 aliphatic heterocycles. The maximum atomic E-state index is 11.9. The summed E-state index contributed by atoms with van der Waals surface area (Å²) in [6.45, 7) is 8.23. The van der Waals surface area contributed by atoms with Crippen molar-refractivity contribution in [3.8, 4) is 0 Å². The van der Waals surface area contributed by atoms with Gasteiger partial charge in [0.15, 0.2) is 0 Å². The van der Waals surface area contributed by atoms with Gasteiger partial charge in [0.05, 0.1) is 0 Å². The van der Waals surface area contributed by atoms with Crippen LogP contribution < -0.4 is 16.0 Å². The van der Waals surface area contributed by atoms with E-state index in [1.807, 2.05) is 6.92 Å². The van der Waals surface area contributed by atoms with E-state index in [9.17, 15) is 14.4 Å². The van der Waals surface area contributed by atoms with Gasteiger partial charge in [-0.15, -0.1) is 9.24 Å². The van der Waals surface area contributed by atoms with Crippen LogP contribution in [0.25, 0.3) is 0 Å². The van der Waals surface area contributed by atoms with E-state index in [1.54, 1.807) is 20.8 Å². The monoisotopic (exact) mass is 347 g/mol. The first kappa shape index (κ1) is 21.6. The van der Waals surface area contributed by atoms with E-state index in [0.717, 1.165) is 0 Å². The Balaban J connectivity index is 4.09. The third-order valence-corrected chi connectivity index (χ3v) is 3.15. The third-order valence-electron chi connectivity index (χ3n) is 2.78. The van der Waals surface area contributed by atoms with Gasteiger partial charge in [-0.05, 0) is 47.0 Å². The number of unbranched alkanes of at least 4 members (excludes halogenated alkanes) is 1. The van der Waals surface area contributed by atoms with E-state index in [4.69, 9.17) is 4.74 Å². The number of ether oxygens (including phenoxy) is 1. The smallest absolute Gasteiger partial charge is 0.407 e. The Kier molecular flexibility index (Phi) is 10.6. The van der Waals surface area contributed by atoms with Crippen molar-refractivity contribution in [3.63, 3.8) is 0 Å². The Morgan fingerprint density at radius 2 is 1.78 bits per heavy atom. The summed E-state index contributed by atoms with van der Waals surface area (Å²) in [6.07, 6.45) is 1.74. The molecule has 0 rings (SSSR count). The molecule has 23 heavy (non-hydrogen) atoms. The molecular formula is C15H30N3O4P. The van der Waals surface area contributed by atoms with Crippen LogP contribution in [0, 0.1) is 0 Å². The van der Waals surface area contributed by atoms with Crippen molar-refractivity contribution in [1.29, 1.82) is 0 Å². The third kappa shape index (κ3) is 11.8. The molecular weight excluding hydrogens is 317 g/mol. The summed E-state index contributed by atoms with van der Waals surface area (Å²) in [5.74, 6) is -0.363. The van der Waals surface area contributed by atoms with Crippen LogP contribution in [-0.4, -0.2) is 48.8 Å². The number of carbonyl (C=O) groups is 3. The second-order valence-electron chi connectivity index (χ2n) is 6.14. The van der Waals surface area contributed by atoms with Crippen LogP contribution in [0.4, 0.5) is 4.79 Å². The van der Waals surface area contributed by atoms with Crippen molar-refractivity contribution >= 4 is 27.1 Å². The summed E-state index contributed by atoms with van der Waals surface area (Å²) in [7, 11) is 2.33. The number of nitrogens with one attached hydrogen (secondary N) is 3. The highest BCUT2D eigenvalue weighted by molar-refractivity contribution is 7.18. The first-order valence-corrected chi connectivity index (χ1v) is 8.75. The summed E-state index contributed by atoms with van der Waals surface area (Å²) in [5, 5.41) is 8.07. The molecule has 0 aromatic heterocycles. The minimum absolute atomic E-state index is 0.181. The summed E-state index contributed by atoms with van der Waals surface area (Å²) in [6, 6.07) is -0.537. The predicted octanol–water partition coefficient (Wildman–Crippen LogP) is 1.18. The highest BCUT2D eigenvalue weighted by atomic mass is 31.0. The molecule has 8 heteroatoms. The molecule has 0 aromatic rings. The SMILES string of the molecule is CCNC(=O)C(CCCCNC(=O)OC(C)(C)C)NC(=O)CP. The number of hydrogen-bond acceptors (Lipinski definition) is 4. The molecule has 0 radical (unpaired) electrons. The van der Waals surface area contributed by atoms with Gasteiger partial charge in [-0.2, -0.15) is 0 Å². The van der Waals surface area contributed by atoms with Crippen molar-refractivity contribution in [2.75, 3.05) is 19.3 Å². The Morgan fingerprint density at radius 3 is 2.30 bits per heavy atom. The molecule has 0 saturated heterocycles. The second-order valence-corrected chi connectivity index (χ2v) is 6.55. The van der Waals surface area contributed by atoms with E-state index < -0.39 is 17.7 Å². The highest BCUT2D eigenvalue weighted by Gasteiger charge is 2.19. The molecule has 2 unspecified atom stereocenters. The lowest BCUT2D eigenvalue weighted by Gasteiger charge is -2.20. The first-order valence-electron chi connectivity index (χ1n) is 7.93. The number of rotatable bonds is 9. The Labute approximate surface area is 140 Å². The average molecular weight is 347 g/mol. The van der Waals surface area contributed by atoms with E-state index >= 15 is 0 Å². The fourth-order valence-corrected chi connectivity index (χ4v) is 1.92. The Hall–Kier alpha value is -1.36. The van der Waals surface area contributed by atoms with Gasteiger partial charge in [-0.25, -0.2) is 4.79 Å². The standard InChI is InChI=1S/C15H30N3O4P/c1-5-16-13(20)11(18-12(19)10-23)8-6-7-9-17-14(21)22-15(2,3)4/h11H,5-10,23H2,1-4H3,(H,16,20)(H,17,21)(H,18,19). The van der Waals surface area contributed by atoms with Crippen molar-refractivity contribution in [2.24, 2.45) is 0 Å². The van der Waals surface area contributed by atoms with Crippen molar-refractivity contribution in [2.45, 2.75) is 58.6 Å². The quantitative estimate of drug-likeness (QED) is 0.431. The van der Waals surface area contributed by atoms with Crippen LogP contribution in [0.5, 0.6) is 0 Å². The second kappa shape index (κ2) is 11.2. The average Bonchev–Trinajstić information content (AvgIpc) is 2.43. The molecule has 0 saturated carbocycles. The lowest BCUT2D eigenvalue weighted by molar-refractivity contribution is -0.128. The molecule has 3 amide bonds. The molecule has 7 nitrogen and oxygen atoms in total. The van der Waals surface area contributed by atoms with E-state index in [0.29, 0.717) is 32.4 Å². The van der Waals surface area contributed by atoms with Gasteiger partial charge >= 0.3 is 6.09 Å². The topological polar surface area (TPSA) is 96.5 Å². The number of alkyl carbamates (subject to hydrolysis) is 1. The van der Waals surface area contributed by atoms with Gasteiger partial charge in [0, 0.05) is 19.3 Å². The minimum atomic E-state index is -0.537. The van der Waals surface area contributed by atoms with Gasteiger partial charge in [0.25, 0.3) is 0 Å². The van der Waals surface area contributed by atoms with E-state index in [-0.39, 0.29) is 18.0 Å². The minimum Gasteiger partial charge on any atom is -0.444 e. The van der Waals surface area contributed by atoms with Crippen molar-refractivity contribution < 1.29 is 19.1 Å². The van der Waals surface area contributed by atoms with Crippen LogP contribution in [-0.2, 0) is 14.3 Å². The molecule has 0 bridgehead atoms. The molecule has 134 valence electrons. The molecule has 3 N–H and O–H groups in total. The number of carbonyl (C=O) groups excluding carboxylic acids is 3. The molecule has 0 heterocycles. The number of amides is 3. The number of hydrogen-bond donors (Lipinski definition) is 3. The van der Waals surface area contributed by atoms with Gasteiger partial charge in [-0.1, -0.05) is 0 Å². The van der Waals surface area contributed by atoms with Crippen LogP contribution in [0.2, 0.25) is 0 Å². The zero-order valence-corrected chi connectivity index (χ0v) is 15.7. The van der Waals surface area contributed by atoms with Crippen LogP contribution in [0.3, 0.4) is 0 Å². The normalized spacial score (nSPS) is 12.2. The van der Waals surface area contributed by atoms with Gasteiger partial charge < -0.3 is 20.7 Å². The first-order chi connectivity index (χ1) is 10.7. The van der Waals surface area contributed by atoms with Crippen LogP contribution >= 0.6 is 9.24 Å². The van der Waals surface area contributed by atoms with Crippen LogP contribution in [0.15, 0.2) is 0 Å². The van der Waals surface area contributed by atoms with E-state index in [1.165, 1.54) is 0 Å². The highest BCUT2D eigenvalue weighted by Crippen LogP contribution is 2.07. The predicted molar refractivity (Wildman–Crippen MR) is 93.3 cm³/mol. The van der Waals surface area contributed by atoms with E-state index in [2.05, 4.69) is 25.2 Å². The molecule has 0 spiro atoms. The summed E-state index contributed by atoms with van der Waals surface area (Å²) in [4.78, 5) is 34.8. The van der Waals surface area contributed by atoms with Crippen molar-refractivity contribution in [3.05, 3.63) is 0 Å². The largest absolute Gasteiger partial charge is 0.444 e. The summed E-state index contributed by atoms with van der Waals surface area (Å²) >= 11 is 0. The summed E-state index contributed by atoms with van der Waals surface area (Å²) in [5.41, 5.74) is -0.518. The maximum Gasteiger partial charge on any atom is 0.407 e. The molecule has 0 aliphatic rings. The molecule has 0 aliphatic carbocycles. The fraction of sp³-hybridized carbons (Fsp3) is 0.800. The Bertz CT molecular complexity index is 397. The van der Waals surface area contributed by atoms with Gasteiger partial charge in [0.1, 0.15) is 11.6 Å².